The second-order valence-corrected chi connectivity index (χ2v) is 6.40. The van der Waals surface area contributed by atoms with Crippen molar-refractivity contribution in [1.29, 1.82) is 5.26 Å². The summed E-state index contributed by atoms with van der Waals surface area (Å²) in [6.45, 7) is 0.499. The third kappa shape index (κ3) is 3.00. The van der Waals surface area contributed by atoms with E-state index in [9.17, 15) is 4.79 Å². The molecule has 0 bridgehead atoms. The van der Waals surface area contributed by atoms with Crippen LogP contribution in [0.15, 0.2) is 30.5 Å². The largest absolute Gasteiger partial charge is 0.364 e. The van der Waals surface area contributed by atoms with Crippen LogP contribution in [0.25, 0.3) is 11.4 Å². The number of nitrogens with zero attached hydrogens (tertiary/aromatic N) is 5. The van der Waals surface area contributed by atoms with E-state index < -0.39 is 5.91 Å². The van der Waals surface area contributed by atoms with Crippen LogP contribution < -0.4 is 11.1 Å². The van der Waals surface area contributed by atoms with E-state index in [-0.39, 0.29) is 0 Å². The van der Waals surface area contributed by atoms with Crippen LogP contribution in [0.3, 0.4) is 0 Å². The molecule has 0 saturated heterocycles. The minimum Gasteiger partial charge on any atom is -0.364 e. The van der Waals surface area contributed by atoms with Crippen molar-refractivity contribution < 1.29 is 4.79 Å². The summed E-state index contributed by atoms with van der Waals surface area (Å²) in [6.07, 6.45) is 3.22. The monoisotopic (exact) mass is 359 g/mol. The zero-order valence-corrected chi connectivity index (χ0v) is 14.7. The van der Waals surface area contributed by atoms with Gasteiger partial charge in [0.2, 0.25) is 5.95 Å². The Morgan fingerprint density at radius 2 is 2.26 bits per heavy atom. The minimum atomic E-state index is -0.528. The van der Waals surface area contributed by atoms with E-state index in [0.717, 1.165) is 34.5 Å². The van der Waals surface area contributed by atoms with Crippen molar-refractivity contribution >= 4 is 11.9 Å². The highest BCUT2D eigenvalue weighted by atomic mass is 16.1. The van der Waals surface area contributed by atoms with Gasteiger partial charge in [0.15, 0.2) is 5.69 Å². The van der Waals surface area contributed by atoms with Crippen LogP contribution in [-0.2, 0) is 26.4 Å². The smallest absolute Gasteiger partial charge is 0.269 e. The van der Waals surface area contributed by atoms with Crippen LogP contribution in [0, 0.1) is 11.3 Å². The number of carbonyl (C=O) groups excluding carboxylic acids is 1. The second-order valence-electron chi connectivity index (χ2n) is 6.40. The van der Waals surface area contributed by atoms with Gasteiger partial charge in [0.1, 0.15) is 0 Å². The van der Waals surface area contributed by atoms with Gasteiger partial charge in [0, 0.05) is 25.4 Å². The predicted octanol–water partition coefficient (Wildman–Crippen LogP) is 1.56. The Hall–Kier alpha value is -3.73. The zero-order valence-electron chi connectivity index (χ0n) is 14.7. The molecule has 0 aliphatic heterocycles. The maximum atomic E-state index is 11.7. The van der Waals surface area contributed by atoms with Crippen molar-refractivity contribution in [1.82, 2.24) is 19.7 Å². The van der Waals surface area contributed by atoms with Gasteiger partial charge in [-0.15, -0.1) is 0 Å². The Bertz CT molecular complexity index is 1090. The molecule has 2 aromatic heterocycles. The first kappa shape index (κ1) is 16.7. The van der Waals surface area contributed by atoms with Gasteiger partial charge in [-0.05, 0) is 36.1 Å². The highest BCUT2D eigenvalue weighted by Crippen LogP contribution is 2.33. The molecule has 134 valence electrons. The summed E-state index contributed by atoms with van der Waals surface area (Å²) in [5.41, 5.74) is 10.8. The molecule has 8 nitrogen and oxygen atoms in total. The molecule has 1 amide bonds. The van der Waals surface area contributed by atoms with Crippen molar-refractivity contribution in [3.63, 3.8) is 0 Å². The van der Waals surface area contributed by atoms with Crippen molar-refractivity contribution in [3.8, 4) is 17.5 Å². The van der Waals surface area contributed by atoms with E-state index in [0.29, 0.717) is 30.2 Å². The average molecular weight is 359 g/mol. The summed E-state index contributed by atoms with van der Waals surface area (Å²) in [7, 11) is 1.78. The first-order chi connectivity index (χ1) is 13.1. The number of rotatable bonds is 4. The molecular weight excluding hydrogens is 342 g/mol. The number of aryl methyl sites for hydroxylation is 2. The Kier molecular flexibility index (Phi) is 4.05. The summed E-state index contributed by atoms with van der Waals surface area (Å²) in [5, 5.41) is 16.5. The van der Waals surface area contributed by atoms with Gasteiger partial charge in [0.25, 0.3) is 5.91 Å². The fourth-order valence-corrected chi connectivity index (χ4v) is 3.37. The lowest BCUT2D eigenvalue weighted by Gasteiger charge is -2.17. The highest BCUT2D eigenvalue weighted by Gasteiger charge is 2.27. The van der Waals surface area contributed by atoms with Crippen LogP contribution in [-0.4, -0.2) is 25.7 Å². The molecule has 1 aliphatic carbocycles. The molecule has 0 fully saturated rings. The molecule has 27 heavy (non-hydrogen) atoms. The molecule has 4 rings (SSSR count). The molecule has 0 atom stereocenters. The first-order valence-corrected chi connectivity index (χ1v) is 8.51. The summed E-state index contributed by atoms with van der Waals surface area (Å²) in [4.78, 5) is 20.7. The average Bonchev–Trinajstić information content (AvgIpc) is 3.04. The number of primary amides is 1. The van der Waals surface area contributed by atoms with Crippen LogP contribution in [0.1, 0.15) is 32.7 Å². The van der Waals surface area contributed by atoms with Crippen molar-refractivity contribution in [2.45, 2.75) is 19.4 Å². The standard InChI is InChI=1S/C19H17N7O/c1-26-17-14(16(25-26)18(21)27)6-5-13-10-23-19(24-15(13)17)22-9-12-4-2-3-11(7-12)8-20/h2-4,7,10H,5-6,9H2,1H3,(H2,21,27)(H,22,23,24). The molecule has 0 unspecified atom stereocenters. The van der Waals surface area contributed by atoms with Crippen molar-refractivity contribution in [2.24, 2.45) is 12.8 Å². The lowest BCUT2D eigenvalue weighted by Crippen LogP contribution is -2.16. The van der Waals surface area contributed by atoms with Gasteiger partial charge in [-0.25, -0.2) is 9.97 Å². The lowest BCUT2D eigenvalue weighted by atomic mass is 9.93. The molecule has 0 saturated carbocycles. The molecule has 0 radical (unpaired) electrons. The van der Waals surface area contributed by atoms with Gasteiger partial charge in [0.05, 0.1) is 23.0 Å². The fourth-order valence-electron chi connectivity index (χ4n) is 3.37. The highest BCUT2D eigenvalue weighted by molar-refractivity contribution is 5.94. The van der Waals surface area contributed by atoms with Crippen LogP contribution in [0.2, 0.25) is 0 Å². The number of nitriles is 1. The van der Waals surface area contributed by atoms with Gasteiger partial charge in [-0.3, -0.25) is 9.48 Å². The molecule has 3 N–H and O–H groups in total. The molecular formula is C19H17N7O. The molecule has 8 heteroatoms. The number of hydrogen-bond donors (Lipinski definition) is 2. The number of aromatic nitrogens is 4. The fraction of sp³-hybridized carbons (Fsp3) is 0.211. The van der Waals surface area contributed by atoms with Crippen LogP contribution in [0.5, 0.6) is 0 Å². The van der Waals surface area contributed by atoms with E-state index >= 15 is 0 Å². The van der Waals surface area contributed by atoms with Gasteiger partial charge < -0.3 is 11.1 Å². The molecule has 1 aliphatic rings. The Labute approximate surface area is 155 Å². The molecule has 1 aromatic carbocycles. The summed E-state index contributed by atoms with van der Waals surface area (Å²) < 4.78 is 1.65. The number of anilines is 1. The number of hydrogen-bond acceptors (Lipinski definition) is 6. The van der Waals surface area contributed by atoms with Gasteiger partial charge in [-0.1, -0.05) is 12.1 Å². The summed E-state index contributed by atoms with van der Waals surface area (Å²) in [5.74, 6) is -0.0501. The number of fused-ring (bicyclic) bond motifs is 3. The van der Waals surface area contributed by atoms with Crippen molar-refractivity contribution in [3.05, 3.63) is 58.4 Å². The SMILES string of the molecule is Cn1nc(C(N)=O)c2c1-c1nc(NCc3cccc(C#N)c3)ncc1CC2. The minimum absolute atomic E-state index is 0.305. The van der Waals surface area contributed by atoms with Crippen molar-refractivity contribution in [2.75, 3.05) is 5.32 Å². The number of nitrogens with one attached hydrogen (secondary N) is 1. The Morgan fingerprint density at radius 3 is 3.04 bits per heavy atom. The maximum absolute atomic E-state index is 11.7. The summed E-state index contributed by atoms with van der Waals surface area (Å²) >= 11 is 0. The molecule has 2 heterocycles. The first-order valence-electron chi connectivity index (χ1n) is 8.51. The van der Waals surface area contributed by atoms with E-state index in [1.54, 1.807) is 24.0 Å². The zero-order chi connectivity index (χ0) is 19.0. The maximum Gasteiger partial charge on any atom is 0.269 e. The predicted molar refractivity (Wildman–Crippen MR) is 98.6 cm³/mol. The number of carbonyl (C=O) groups is 1. The second kappa shape index (κ2) is 6.53. The Balaban J connectivity index is 1.65. The third-order valence-corrected chi connectivity index (χ3v) is 4.62. The van der Waals surface area contributed by atoms with E-state index in [2.05, 4.69) is 26.5 Å². The van der Waals surface area contributed by atoms with E-state index in [4.69, 9.17) is 11.0 Å². The quantitative estimate of drug-likeness (QED) is 0.729. The third-order valence-electron chi connectivity index (χ3n) is 4.62. The Morgan fingerprint density at radius 1 is 1.41 bits per heavy atom. The van der Waals surface area contributed by atoms with Crippen LogP contribution in [0.4, 0.5) is 5.95 Å². The van der Waals surface area contributed by atoms with Gasteiger partial charge >= 0.3 is 0 Å². The summed E-state index contributed by atoms with van der Waals surface area (Å²) in [6, 6.07) is 9.49. The molecule has 0 spiro atoms. The van der Waals surface area contributed by atoms with E-state index in [1.165, 1.54) is 0 Å². The van der Waals surface area contributed by atoms with E-state index in [1.807, 2.05) is 18.2 Å². The number of amides is 1. The topological polar surface area (TPSA) is 123 Å². The molecule has 3 aromatic rings. The number of benzene rings is 1. The normalized spacial score (nSPS) is 12.0. The lowest BCUT2D eigenvalue weighted by molar-refractivity contribution is 0.0994. The van der Waals surface area contributed by atoms with Crippen LogP contribution >= 0.6 is 0 Å². The number of nitrogens with two attached hydrogens (primary N) is 1. The van der Waals surface area contributed by atoms with Gasteiger partial charge in [-0.2, -0.15) is 10.4 Å².